The lowest BCUT2D eigenvalue weighted by atomic mass is 10.1. The number of fused-ring (bicyclic) bond motifs is 1. The van der Waals surface area contributed by atoms with Crippen LogP contribution in [0.4, 0.5) is 10.5 Å². The van der Waals surface area contributed by atoms with Crippen molar-refractivity contribution >= 4 is 32.6 Å². The van der Waals surface area contributed by atoms with Gasteiger partial charge in [-0.15, -0.1) is 0 Å². The molecular weight excluding hydrogens is 316 g/mol. The van der Waals surface area contributed by atoms with Gasteiger partial charge in [0.15, 0.2) is 0 Å². The summed E-state index contributed by atoms with van der Waals surface area (Å²) < 4.78 is 23.7. The Labute approximate surface area is 135 Å². The van der Waals surface area contributed by atoms with Crippen molar-refractivity contribution < 1.29 is 13.2 Å². The third-order valence-electron chi connectivity index (χ3n) is 3.40. The molecule has 2 amide bonds. The average Bonchev–Trinajstić information content (AvgIpc) is 2.46. The number of aromatic nitrogens is 1. The zero-order valence-electron chi connectivity index (χ0n) is 13.3. The van der Waals surface area contributed by atoms with Crippen molar-refractivity contribution in [1.29, 1.82) is 0 Å². The molecule has 0 spiro atoms. The minimum Gasteiger partial charge on any atom is -0.337 e. The Morgan fingerprint density at radius 1 is 1.26 bits per heavy atom. The van der Waals surface area contributed by atoms with E-state index in [1.807, 2.05) is 31.2 Å². The molecular formula is C15H20N4O3S. The smallest absolute Gasteiger partial charge is 0.319 e. The molecule has 0 saturated heterocycles. The highest BCUT2D eigenvalue weighted by Crippen LogP contribution is 2.21. The fraction of sp³-hybridized carbons (Fsp3) is 0.333. The van der Waals surface area contributed by atoms with Gasteiger partial charge in [0.25, 0.3) is 0 Å². The fourth-order valence-electron chi connectivity index (χ4n) is 2.03. The highest BCUT2D eigenvalue weighted by molar-refractivity contribution is 7.88. The van der Waals surface area contributed by atoms with E-state index in [4.69, 9.17) is 0 Å². The van der Waals surface area contributed by atoms with Gasteiger partial charge >= 0.3 is 6.03 Å². The van der Waals surface area contributed by atoms with Gasteiger partial charge in [-0.05, 0) is 31.2 Å². The Bertz CT molecular complexity index is 821. The number of sulfonamides is 1. The van der Waals surface area contributed by atoms with Crippen molar-refractivity contribution in [3.8, 4) is 0 Å². The number of likely N-dealkylation sites (N-methyl/N-ethyl adjacent to an activating group) is 1. The summed E-state index contributed by atoms with van der Waals surface area (Å²) in [6.07, 6.45) is 1.12. The first kappa shape index (κ1) is 17.2. The molecule has 0 atom stereocenters. The monoisotopic (exact) mass is 336 g/mol. The number of carbonyl (C=O) groups is 1. The largest absolute Gasteiger partial charge is 0.337 e. The van der Waals surface area contributed by atoms with Gasteiger partial charge in [0.05, 0.1) is 17.5 Å². The summed E-state index contributed by atoms with van der Waals surface area (Å²) in [5, 5.41) is 6.24. The number of carbonyl (C=O) groups excluding carboxylic acids is 1. The zero-order valence-corrected chi connectivity index (χ0v) is 14.1. The van der Waals surface area contributed by atoms with E-state index >= 15 is 0 Å². The number of anilines is 1. The van der Waals surface area contributed by atoms with Crippen LogP contribution in [0.3, 0.4) is 0 Å². The van der Waals surface area contributed by atoms with Gasteiger partial charge < -0.3 is 10.6 Å². The highest BCUT2D eigenvalue weighted by atomic mass is 32.2. The van der Waals surface area contributed by atoms with Crippen molar-refractivity contribution in [3.63, 3.8) is 0 Å². The lowest BCUT2D eigenvalue weighted by Gasteiger charge is -2.15. The van der Waals surface area contributed by atoms with E-state index in [1.165, 1.54) is 11.4 Å². The third-order valence-corrected chi connectivity index (χ3v) is 4.71. The molecule has 1 aromatic heterocycles. The molecule has 2 N–H and O–H groups in total. The van der Waals surface area contributed by atoms with Crippen molar-refractivity contribution in [3.05, 3.63) is 36.0 Å². The van der Waals surface area contributed by atoms with Crippen LogP contribution in [-0.2, 0) is 10.0 Å². The molecule has 124 valence electrons. The molecule has 2 rings (SSSR count). The highest BCUT2D eigenvalue weighted by Gasteiger charge is 2.11. The fourth-order valence-corrected chi connectivity index (χ4v) is 2.45. The predicted octanol–water partition coefficient (Wildman–Crippen LogP) is 1.56. The van der Waals surface area contributed by atoms with Crippen LogP contribution >= 0.6 is 0 Å². The maximum Gasteiger partial charge on any atom is 0.319 e. The Morgan fingerprint density at radius 2 is 2.00 bits per heavy atom. The Hall–Kier alpha value is -2.19. The van der Waals surface area contributed by atoms with Crippen LogP contribution in [0.1, 0.15) is 5.69 Å². The molecule has 0 aliphatic rings. The van der Waals surface area contributed by atoms with Crippen molar-refractivity contribution in [2.45, 2.75) is 6.92 Å². The maximum atomic E-state index is 11.9. The first-order valence-corrected chi connectivity index (χ1v) is 8.95. The normalized spacial score (nSPS) is 11.7. The summed E-state index contributed by atoms with van der Waals surface area (Å²) in [5.41, 5.74) is 2.37. The predicted molar refractivity (Wildman–Crippen MR) is 91.0 cm³/mol. The van der Waals surface area contributed by atoms with E-state index in [0.29, 0.717) is 5.69 Å². The minimum atomic E-state index is -3.24. The average molecular weight is 336 g/mol. The quantitative estimate of drug-likeness (QED) is 0.867. The van der Waals surface area contributed by atoms with Gasteiger partial charge in [0.2, 0.25) is 10.0 Å². The van der Waals surface area contributed by atoms with E-state index < -0.39 is 10.0 Å². The van der Waals surface area contributed by atoms with Crippen LogP contribution in [0.15, 0.2) is 30.3 Å². The second kappa shape index (κ2) is 6.93. The van der Waals surface area contributed by atoms with E-state index in [2.05, 4.69) is 15.6 Å². The van der Waals surface area contributed by atoms with Crippen molar-refractivity contribution in [1.82, 2.24) is 14.6 Å². The number of nitrogens with zero attached hydrogens (tertiary/aromatic N) is 2. The van der Waals surface area contributed by atoms with Gasteiger partial charge in [-0.1, -0.05) is 6.07 Å². The number of amides is 2. The number of pyridine rings is 1. The number of rotatable bonds is 5. The molecule has 0 fully saturated rings. The van der Waals surface area contributed by atoms with Gasteiger partial charge in [-0.2, -0.15) is 0 Å². The third kappa shape index (κ3) is 4.64. The molecule has 0 radical (unpaired) electrons. The Kier molecular flexibility index (Phi) is 5.17. The van der Waals surface area contributed by atoms with E-state index in [9.17, 15) is 13.2 Å². The van der Waals surface area contributed by atoms with Crippen LogP contribution in [0.5, 0.6) is 0 Å². The first-order chi connectivity index (χ1) is 10.8. The van der Waals surface area contributed by atoms with Crippen LogP contribution in [0.2, 0.25) is 0 Å². The molecule has 0 aliphatic carbocycles. The standard InChI is InChI=1S/C15H20N4O3S/c1-11-7-8-12-13(17-11)5-4-6-14(12)18-15(20)16-9-10-19(2)23(3,21)22/h4-8H,9-10H2,1-3H3,(H2,16,18,20). The number of hydrogen-bond donors (Lipinski definition) is 2. The molecule has 2 aromatic rings. The van der Waals surface area contributed by atoms with E-state index in [1.54, 1.807) is 6.07 Å². The number of nitrogens with one attached hydrogen (secondary N) is 2. The molecule has 0 aliphatic heterocycles. The molecule has 0 bridgehead atoms. The van der Waals surface area contributed by atoms with Gasteiger partial charge in [0.1, 0.15) is 0 Å². The summed E-state index contributed by atoms with van der Waals surface area (Å²) in [7, 11) is -1.77. The number of hydrogen-bond acceptors (Lipinski definition) is 4. The van der Waals surface area contributed by atoms with Crippen LogP contribution in [0.25, 0.3) is 10.9 Å². The lowest BCUT2D eigenvalue weighted by molar-refractivity contribution is 0.251. The number of benzene rings is 1. The van der Waals surface area contributed by atoms with E-state index in [-0.39, 0.29) is 19.1 Å². The number of aryl methyl sites for hydroxylation is 1. The van der Waals surface area contributed by atoms with Crippen LogP contribution in [0, 0.1) is 6.92 Å². The van der Waals surface area contributed by atoms with Crippen LogP contribution in [-0.4, -0.2) is 50.1 Å². The topological polar surface area (TPSA) is 91.4 Å². The summed E-state index contributed by atoms with van der Waals surface area (Å²) in [5.74, 6) is 0. The molecule has 1 heterocycles. The molecule has 7 nitrogen and oxygen atoms in total. The molecule has 1 aromatic carbocycles. The summed E-state index contributed by atoms with van der Waals surface area (Å²) in [6, 6.07) is 8.90. The Morgan fingerprint density at radius 3 is 2.70 bits per heavy atom. The maximum absolute atomic E-state index is 11.9. The van der Waals surface area contributed by atoms with Gasteiger partial charge in [0, 0.05) is 31.2 Å². The molecule has 8 heteroatoms. The number of urea groups is 1. The van der Waals surface area contributed by atoms with Gasteiger partial charge in [-0.3, -0.25) is 4.98 Å². The van der Waals surface area contributed by atoms with Crippen molar-refractivity contribution in [2.75, 3.05) is 31.7 Å². The zero-order chi connectivity index (χ0) is 17.0. The first-order valence-electron chi connectivity index (χ1n) is 7.10. The summed E-state index contributed by atoms with van der Waals surface area (Å²) in [4.78, 5) is 16.4. The molecule has 0 unspecified atom stereocenters. The summed E-state index contributed by atoms with van der Waals surface area (Å²) >= 11 is 0. The van der Waals surface area contributed by atoms with Crippen molar-refractivity contribution in [2.24, 2.45) is 0 Å². The van der Waals surface area contributed by atoms with Gasteiger partial charge in [-0.25, -0.2) is 17.5 Å². The second-order valence-electron chi connectivity index (χ2n) is 5.29. The molecule has 0 saturated carbocycles. The Balaban J connectivity index is 1.98. The summed E-state index contributed by atoms with van der Waals surface area (Å²) in [6.45, 7) is 2.34. The lowest BCUT2D eigenvalue weighted by Crippen LogP contribution is -2.37. The van der Waals surface area contributed by atoms with Crippen LogP contribution < -0.4 is 10.6 Å². The van der Waals surface area contributed by atoms with E-state index in [0.717, 1.165) is 22.9 Å². The SMILES string of the molecule is Cc1ccc2c(NC(=O)NCCN(C)S(C)(=O)=O)cccc2n1. The second-order valence-corrected chi connectivity index (χ2v) is 7.38. The molecule has 23 heavy (non-hydrogen) atoms. The minimum absolute atomic E-state index is 0.211.